The lowest BCUT2D eigenvalue weighted by molar-refractivity contribution is -0.0938. The number of aryl methyl sites for hydroxylation is 2. The van der Waals surface area contributed by atoms with Crippen LogP contribution in [0.5, 0.6) is 0 Å². The summed E-state index contributed by atoms with van der Waals surface area (Å²) < 4.78 is 0. The van der Waals surface area contributed by atoms with Crippen molar-refractivity contribution in [1.29, 1.82) is 0 Å². The lowest BCUT2D eigenvalue weighted by Gasteiger charge is -2.46. The summed E-state index contributed by atoms with van der Waals surface area (Å²) in [5.74, 6) is 1.37. The standard InChI is InChI=1S/C15H22O/c1-10(2)13-8-15(16,9-13)14-7-11(3)5-6-12(14)4/h5-7,10,13,16H,8-9H2,1-4H3. The van der Waals surface area contributed by atoms with Crippen molar-refractivity contribution in [3.05, 3.63) is 34.9 Å². The molecule has 0 bridgehead atoms. The molecule has 1 heteroatoms. The highest BCUT2D eigenvalue weighted by molar-refractivity contribution is 5.36. The maximum atomic E-state index is 10.6. The van der Waals surface area contributed by atoms with E-state index in [0.29, 0.717) is 11.8 Å². The molecule has 1 aromatic rings. The van der Waals surface area contributed by atoms with Crippen LogP contribution in [0, 0.1) is 25.7 Å². The Balaban J connectivity index is 2.23. The molecule has 1 aliphatic carbocycles. The highest BCUT2D eigenvalue weighted by Gasteiger charge is 2.45. The van der Waals surface area contributed by atoms with E-state index in [0.717, 1.165) is 18.4 Å². The second kappa shape index (κ2) is 3.89. The van der Waals surface area contributed by atoms with Crippen molar-refractivity contribution >= 4 is 0 Å². The van der Waals surface area contributed by atoms with Gasteiger partial charge >= 0.3 is 0 Å². The molecular formula is C15H22O. The van der Waals surface area contributed by atoms with Crippen molar-refractivity contribution in [1.82, 2.24) is 0 Å². The van der Waals surface area contributed by atoms with Crippen LogP contribution < -0.4 is 0 Å². The van der Waals surface area contributed by atoms with E-state index in [-0.39, 0.29) is 0 Å². The minimum atomic E-state index is -0.551. The Hall–Kier alpha value is -0.820. The fourth-order valence-corrected chi connectivity index (χ4v) is 2.74. The van der Waals surface area contributed by atoms with Crippen LogP contribution in [0.15, 0.2) is 18.2 Å². The molecule has 0 saturated heterocycles. The molecule has 2 rings (SSSR count). The minimum Gasteiger partial charge on any atom is -0.385 e. The van der Waals surface area contributed by atoms with Crippen molar-refractivity contribution in [2.45, 2.75) is 46.1 Å². The SMILES string of the molecule is Cc1ccc(C)c(C2(O)CC(C(C)C)C2)c1. The number of hydrogen-bond donors (Lipinski definition) is 1. The van der Waals surface area contributed by atoms with Crippen molar-refractivity contribution < 1.29 is 5.11 Å². The third kappa shape index (κ3) is 1.89. The molecule has 0 aliphatic heterocycles. The minimum absolute atomic E-state index is 0.551. The monoisotopic (exact) mass is 218 g/mol. The molecule has 0 unspecified atom stereocenters. The predicted molar refractivity (Wildman–Crippen MR) is 67.4 cm³/mol. The van der Waals surface area contributed by atoms with Gasteiger partial charge in [-0.1, -0.05) is 37.6 Å². The van der Waals surface area contributed by atoms with Gasteiger partial charge in [-0.15, -0.1) is 0 Å². The summed E-state index contributed by atoms with van der Waals surface area (Å²) in [5.41, 5.74) is 3.05. The fraction of sp³-hybridized carbons (Fsp3) is 0.600. The number of hydrogen-bond acceptors (Lipinski definition) is 1. The van der Waals surface area contributed by atoms with Gasteiger partial charge in [0.2, 0.25) is 0 Å². The molecule has 0 spiro atoms. The zero-order valence-corrected chi connectivity index (χ0v) is 10.7. The van der Waals surface area contributed by atoms with Crippen LogP contribution in [-0.4, -0.2) is 5.11 Å². The summed E-state index contributed by atoms with van der Waals surface area (Å²) in [4.78, 5) is 0. The zero-order valence-electron chi connectivity index (χ0n) is 10.7. The van der Waals surface area contributed by atoms with Gasteiger partial charge in [-0.25, -0.2) is 0 Å². The molecule has 0 heterocycles. The van der Waals surface area contributed by atoms with Gasteiger partial charge in [-0.2, -0.15) is 0 Å². The van der Waals surface area contributed by atoms with Gasteiger partial charge in [0.1, 0.15) is 0 Å². The molecule has 1 nitrogen and oxygen atoms in total. The lowest BCUT2D eigenvalue weighted by atomic mass is 9.63. The Bertz CT molecular complexity index is 386. The van der Waals surface area contributed by atoms with Crippen LogP contribution in [0.2, 0.25) is 0 Å². The topological polar surface area (TPSA) is 20.2 Å². The van der Waals surface area contributed by atoms with Crippen molar-refractivity contribution in [3.63, 3.8) is 0 Å². The molecule has 0 radical (unpaired) electrons. The number of aliphatic hydroxyl groups is 1. The Morgan fingerprint density at radius 1 is 1.25 bits per heavy atom. The summed E-state index contributed by atoms with van der Waals surface area (Å²) in [6.07, 6.45) is 1.85. The Kier molecular flexibility index (Phi) is 2.83. The van der Waals surface area contributed by atoms with E-state index in [9.17, 15) is 5.11 Å². The van der Waals surface area contributed by atoms with Crippen molar-refractivity contribution in [2.75, 3.05) is 0 Å². The van der Waals surface area contributed by atoms with Crippen LogP contribution in [-0.2, 0) is 5.60 Å². The van der Waals surface area contributed by atoms with Gasteiger partial charge in [0, 0.05) is 0 Å². The Morgan fingerprint density at radius 3 is 2.44 bits per heavy atom. The summed E-state index contributed by atoms with van der Waals surface area (Å²) in [5, 5.41) is 10.6. The van der Waals surface area contributed by atoms with Gasteiger partial charge in [-0.3, -0.25) is 0 Å². The van der Waals surface area contributed by atoms with E-state index in [2.05, 4.69) is 45.9 Å². The maximum Gasteiger partial charge on any atom is 0.0904 e. The first-order valence-corrected chi connectivity index (χ1v) is 6.22. The molecule has 0 atom stereocenters. The zero-order chi connectivity index (χ0) is 11.9. The van der Waals surface area contributed by atoms with Gasteiger partial charge in [0.15, 0.2) is 0 Å². The average molecular weight is 218 g/mol. The van der Waals surface area contributed by atoms with E-state index >= 15 is 0 Å². The first-order valence-electron chi connectivity index (χ1n) is 6.22. The van der Waals surface area contributed by atoms with Gasteiger partial charge in [0.05, 0.1) is 5.60 Å². The smallest absolute Gasteiger partial charge is 0.0904 e. The van der Waals surface area contributed by atoms with E-state index in [1.165, 1.54) is 11.1 Å². The molecule has 0 aromatic heterocycles. The highest BCUT2D eigenvalue weighted by Crippen LogP contribution is 2.49. The summed E-state index contributed by atoms with van der Waals surface area (Å²) in [7, 11) is 0. The first kappa shape index (κ1) is 11.7. The number of benzene rings is 1. The second-order valence-electron chi connectivity index (χ2n) is 5.76. The van der Waals surface area contributed by atoms with E-state index in [1.54, 1.807) is 0 Å². The highest BCUT2D eigenvalue weighted by atomic mass is 16.3. The second-order valence-corrected chi connectivity index (χ2v) is 5.76. The number of rotatable bonds is 2. The molecular weight excluding hydrogens is 196 g/mol. The summed E-state index contributed by atoms with van der Waals surface area (Å²) in [6.45, 7) is 8.67. The first-order chi connectivity index (χ1) is 7.42. The van der Waals surface area contributed by atoms with Crippen LogP contribution in [0.4, 0.5) is 0 Å². The van der Waals surface area contributed by atoms with E-state index in [1.807, 2.05) is 0 Å². The Labute approximate surface area is 98.5 Å². The van der Waals surface area contributed by atoms with Crippen LogP contribution in [0.25, 0.3) is 0 Å². The normalized spacial score (nSPS) is 29.2. The van der Waals surface area contributed by atoms with Gasteiger partial charge in [0.25, 0.3) is 0 Å². The fourth-order valence-electron chi connectivity index (χ4n) is 2.74. The summed E-state index contributed by atoms with van der Waals surface area (Å²) >= 11 is 0. The predicted octanol–water partition coefficient (Wildman–Crippen LogP) is 3.56. The van der Waals surface area contributed by atoms with Crippen LogP contribution in [0.3, 0.4) is 0 Å². The Morgan fingerprint density at radius 2 is 1.88 bits per heavy atom. The molecule has 1 saturated carbocycles. The lowest BCUT2D eigenvalue weighted by Crippen LogP contribution is -2.43. The van der Waals surface area contributed by atoms with Gasteiger partial charge in [-0.05, 0) is 49.7 Å². The molecule has 0 amide bonds. The summed E-state index contributed by atoms with van der Waals surface area (Å²) in [6, 6.07) is 6.37. The molecule has 88 valence electrons. The molecule has 16 heavy (non-hydrogen) atoms. The van der Waals surface area contributed by atoms with Crippen LogP contribution >= 0.6 is 0 Å². The molecule has 1 fully saturated rings. The third-order valence-corrected chi connectivity index (χ3v) is 4.04. The van der Waals surface area contributed by atoms with Crippen molar-refractivity contribution in [3.8, 4) is 0 Å². The molecule has 1 N–H and O–H groups in total. The molecule has 1 aliphatic rings. The maximum absolute atomic E-state index is 10.6. The largest absolute Gasteiger partial charge is 0.385 e. The average Bonchev–Trinajstić information content (AvgIpc) is 2.16. The van der Waals surface area contributed by atoms with Crippen LogP contribution in [0.1, 0.15) is 43.4 Å². The van der Waals surface area contributed by atoms with E-state index < -0.39 is 5.60 Å². The van der Waals surface area contributed by atoms with E-state index in [4.69, 9.17) is 0 Å². The van der Waals surface area contributed by atoms with Gasteiger partial charge < -0.3 is 5.11 Å². The molecule has 1 aromatic carbocycles. The quantitative estimate of drug-likeness (QED) is 0.804. The van der Waals surface area contributed by atoms with Crippen molar-refractivity contribution in [2.24, 2.45) is 11.8 Å². The third-order valence-electron chi connectivity index (χ3n) is 4.04.